The summed E-state index contributed by atoms with van der Waals surface area (Å²) >= 11 is 16.8. The summed E-state index contributed by atoms with van der Waals surface area (Å²) in [5, 5.41) is 0. The number of thiol groups is 2. The van der Waals surface area contributed by atoms with E-state index < -0.39 is 16.1 Å². The topological polar surface area (TPSA) is 0 Å². The van der Waals surface area contributed by atoms with Gasteiger partial charge in [-0.1, -0.05) is 81.6 Å². The van der Waals surface area contributed by atoms with Crippen LogP contribution in [0.25, 0.3) is 0 Å². The van der Waals surface area contributed by atoms with Crippen molar-refractivity contribution in [1.82, 2.24) is 0 Å². The van der Waals surface area contributed by atoms with Crippen LogP contribution >= 0.6 is 72.3 Å². The van der Waals surface area contributed by atoms with Crippen molar-refractivity contribution in [2.24, 2.45) is 0 Å². The van der Waals surface area contributed by atoms with E-state index in [0.717, 1.165) is 11.5 Å². The van der Waals surface area contributed by atoms with Crippen LogP contribution in [-0.4, -0.2) is 74.7 Å². The molecule has 0 N–H and O–H groups in total. The molecule has 0 atom stereocenters. The van der Waals surface area contributed by atoms with Crippen LogP contribution in [0, 0.1) is 0 Å². The summed E-state index contributed by atoms with van der Waals surface area (Å²) in [5.41, 5.74) is 7.56. The second kappa shape index (κ2) is 39.7. The Bertz CT molecular complexity index is 533. The molecule has 0 radical (unpaired) electrons. The summed E-state index contributed by atoms with van der Waals surface area (Å²) < 4.78 is 0. The largest absolute Gasteiger partial charge is 0.179 e. The van der Waals surface area contributed by atoms with Gasteiger partial charge in [0.1, 0.15) is 8.07 Å². The van der Waals surface area contributed by atoms with Crippen molar-refractivity contribution in [2.45, 2.75) is 109 Å². The fourth-order valence-corrected chi connectivity index (χ4v) is 18.2. The molecule has 0 aliphatic rings. The van der Waals surface area contributed by atoms with Gasteiger partial charge in [0.25, 0.3) is 0 Å². The van der Waals surface area contributed by atoms with Gasteiger partial charge in [0.05, 0.1) is 8.07 Å². The number of unbranched alkanes of at least 4 members (excludes halogenated alkanes) is 8. The number of rotatable bonds is 30. The van der Waals surface area contributed by atoms with Crippen LogP contribution in [0.1, 0.15) is 84.5 Å². The van der Waals surface area contributed by atoms with E-state index >= 15 is 0 Å². The molecule has 0 unspecified atom stereocenters. The predicted octanol–water partition coefficient (Wildman–Crippen LogP) is 13.1. The Balaban J connectivity index is -0.000000811. The highest BCUT2D eigenvalue weighted by molar-refractivity contribution is 8.00. The van der Waals surface area contributed by atoms with E-state index in [9.17, 15) is 0 Å². The van der Waals surface area contributed by atoms with E-state index in [2.05, 4.69) is 125 Å². The summed E-state index contributed by atoms with van der Waals surface area (Å²) in [4.78, 5) is 0. The highest BCUT2D eigenvalue weighted by Gasteiger charge is 2.31. The van der Waals surface area contributed by atoms with E-state index in [4.69, 9.17) is 0 Å². The van der Waals surface area contributed by atoms with Crippen molar-refractivity contribution in [3.63, 3.8) is 0 Å². The molecule has 0 amide bonds. The van der Waals surface area contributed by atoms with Crippen LogP contribution < -0.4 is 0 Å². The second-order valence-corrected chi connectivity index (χ2v) is 25.1. The first kappa shape index (κ1) is 48.9. The highest BCUT2D eigenvalue weighted by Crippen LogP contribution is 2.32. The zero-order chi connectivity index (χ0) is 32.9. The third-order valence-corrected chi connectivity index (χ3v) is 21.3. The fourth-order valence-electron chi connectivity index (χ4n) is 4.33. The first-order valence-corrected chi connectivity index (χ1v) is 28.3. The van der Waals surface area contributed by atoms with Gasteiger partial charge in [-0.3, -0.25) is 0 Å². The molecule has 0 heterocycles. The van der Waals surface area contributed by atoms with Gasteiger partial charge >= 0.3 is 0 Å². The molecular formula is C35H72S6Si2. The van der Waals surface area contributed by atoms with Crippen molar-refractivity contribution in [3.8, 4) is 0 Å². The molecule has 256 valence electrons. The predicted molar refractivity (Wildman–Crippen MR) is 233 cm³/mol. The molecule has 0 aliphatic heterocycles. The number of thioether (sulfide) groups is 4. The Labute approximate surface area is 302 Å². The first-order valence-electron chi connectivity index (χ1n) is 16.8. The Morgan fingerprint density at radius 1 is 0.488 bits per heavy atom. The highest BCUT2D eigenvalue weighted by atomic mass is 32.2. The van der Waals surface area contributed by atoms with E-state index in [1.165, 1.54) is 105 Å². The lowest BCUT2D eigenvalue weighted by Crippen LogP contribution is -2.37. The van der Waals surface area contributed by atoms with Gasteiger partial charge in [0.2, 0.25) is 0 Å². The molecule has 0 nitrogen and oxygen atoms in total. The smallest absolute Gasteiger partial charge is 0.148 e. The van der Waals surface area contributed by atoms with Crippen LogP contribution in [0.4, 0.5) is 0 Å². The number of hydrogen-bond donors (Lipinski definition) is 2. The zero-order valence-corrected chi connectivity index (χ0v) is 36.0. The zero-order valence-electron chi connectivity index (χ0n) is 28.9. The maximum Gasteiger partial charge on any atom is 0.148 e. The molecule has 0 saturated carbocycles. The lowest BCUT2D eigenvalue weighted by molar-refractivity contribution is 0.706. The van der Waals surface area contributed by atoms with Crippen molar-refractivity contribution in [3.05, 3.63) is 49.1 Å². The van der Waals surface area contributed by atoms with Gasteiger partial charge in [0.15, 0.2) is 0 Å². The summed E-state index contributed by atoms with van der Waals surface area (Å²) in [6, 6.07) is 6.31. The van der Waals surface area contributed by atoms with Crippen molar-refractivity contribution >= 4 is 88.5 Å². The molecule has 0 aromatic heterocycles. The summed E-state index contributed by atoms with van der Waals surface area (Å²) in [7, 11) is -2.71. The average molecular weight is 742 g/mol. The summed E-state index contributed by atoms with van der Waals surface area (Å²) in [6.45, 7) is 19.4. The van der Waals surface area contributed by atoms with Crippen LogP contribution in [-0.2, 0) is 0 Å². The molecular weight excluding hydrogens is 669 g/mol. The maximum absolute atomic E-state index is 4.07. The molecule has 0 aromatic rings. The van der Waals surface area contributed by atoms with E-state index in [0.29, 0.717) is 0 Å². The van der Waals surface area contributed by atoms with Gasteiger partial charge in [-0.2, -0.15) is 72.3 Å². The van der Waals surface area contributed by atoms with Crippen LogP contribution in [0.15, 0.2) is 49.1 Å². The molecule has 43 heavy (non-hydrogen) atoms. The van der Waals surface area contributed by atoms with E-state index in [-0.39, 0.29) is 0 Å². The Kier molecular flexibility index (Phi) is 45.1. The van der Waals surface area contributed by atoms with Gasteiger partial charge in [0, 0.05) is 0 Å². The molecule has 0 aliphatic carbocycles. The molecule has 0 aromatic carbocycles. The van der Waals surface area contributed by atoms with E-state index in [1.807, 2.05) is 22.8 Å². The Hall–Kier alpha value is 1.49. The van der Waals surface area contributed by atoms with Crippen molar-refractivity contribution in [1.29, 1.82) is 0 Å². The molecule has 8 heteroatoms. The fraction of sp³-hybridized carbons (Fsp3) is 0.771. The Morgan fingerprint density at radius 2 is 0.837 bits per heavy atom. The second-order valence-electron chi connectivity index (χ2n) is 11.2. The molecule has 0 bridgehead atoms. The maximum atomic E-state index is 4.07. The van der Waals surface area contributed by atoms with Gasteiger partial charge < -0.3 is 0 Å². The quantitative estimate of drug-likeness (QED) is 0.0427. The van der Waals surface area contributed by atoms with Crippen molar-refractivity contribution in [2.75, 3.05) is 58.5 Å². The van der Waals surface area contributed by atoms with Gasteiger partial charge in [-0.05, 0) is 108 Å². The Morgan fingerprint density at radius 3 is 1.12 bits per heavy atom. The normalized spacial score (nSPS) is 11.1. The summed E-state index contributed by atoms with van der Waals surface area (Å²) in [5.74, 6) is 10.6. The standard InChI is InChI=1S/C22H48S4Si.C8H12Si.C5H12S2/c1-5-7-9-11-13-25-17-21-27(19-15-23-3,20-16-24-4)22-18-26-14-12-10-8-6-2;1-5-9(6-2,7-3)8-4;6-4-2-1-3-5-7/h5-22H2,1-4H3;5-8H,1-4H2;6-7H,1-5H2. The minimum atomic E-state index is -1.64. The summed E-state index contributed by atoms with van der Waals surface area (Å²) in [6.07, 6.45) is 19.7. The van der Waals surface area contributed by atoms with Crippen LogP contribution in [0.2, 0.25) is 24.2 Å². The minimum absolute atomic E-state index is 1.02. The number of hydrogen-bond acceptors (Lipinski definition) is 6. The van der Waals surface area contributed by atoms with Gasteiger partial charge in [-0.25, -0.2) is 0 Å². The van der Waals surface area contributed by atoms with E-state index in [1.54, 1.807) is 24.2 Å². The monoisotopic (exact) mass is 740 g/mol. The molecule has 0 rings (SSSR count). The first-order chi connectivity index (χ1) is 20.9. The molecule has 0 saturated heterocycles. The molecule has 0 fully saturated rings. The SMILES string of the molecule is C=C[Si](C=C)(C=C)C=C.CCCCCCSCC[Si](CCSC)(CCSC)CCSCCCCCC.SCCCCCS. The van der Waals surface area contributed by atoms with Crippen LogP contribution in [0.5, 0.6) is 0 Å². The lowest BCUT2D eigenvalue weighted by atomic mass is 10.2. The third-order valence-electron chi connectivity index (χ3n) is 7.74. The molecule has 0 spiro atoms. The lowest BCUT2D eigenvalue weighted by Gasteiger charge is -2.32. The minimum Gasteiger partial charge on any atom is -0.179 e. The van der Waals surface area contributed by atoms with Crippen molar-refractivity contribution < 1.29 is 0 Å². The average Bonchev–Trinajstić information content (AvgIpc) is 3.04. The van der Waals surface area contributed by atoms with Crippen LogP contribution in [0.3, 0.4) is 0 Å². The van der Waals surface area contributed by atoms with Gasteiger partial charge in [-0.15, -0.1) is 26.3 Å². The third kappa shape index (κ3) is 33.2.